The zero-order valence-corrected chi connectivity index (χ0v) is 9.12. The fourth-order valence-electron chi connectivity index (χ4n) is 1.71. The molecule has 0 aliphatic carbocycles. The van der Waals surface area contributed by atoms with Gasteiger partial charge in [-0.05, 0) is 36.6 Å². The van der Waals surface area contributed by atoms with E-state index in [0.717, 1.165) is 6.54 Å². The summed E-state index contributed by atoms with van der Waals surface area (Å²) in [6, 6.07) is 7.53. The lowest BCUT2D eigenvalue weighted by molar-refractivity contribution is 0.460. The van der Waals surface area contributed by atoms with Gasteiger partial charge in [0.2, 0.25) is 0 Å². The fourth-order valence-corrected chi connectivity index (χ4v) is 1.71. The van der Waals surface area contributed by atoms with Gasteiger partial charge in [0.15, 0.2) is 0 Å². The molecule has 0 aromatic heterocycles. The number of likely N-dealkylation sites (N-methyl/N-ethyl adjacent to an activating group) is 1. The number of benzene rings is 1. The van der Waals surface area contributed by atoms with E-state index in [1.807, 2.05) is 19.2 Å². The smallest absolute Gasteiger partial charge is 0.115 e. The van der Waals surface area contributed by atoms with Crippen molar-refractivity contribution in [2.45, 2.75) is 19.8 Å². The molecule has 0 saturated carbocycles. The molecule has 0 saturated heterocycles. The Morgan fingerprint density at radius 1 is 1.36 bits per heavy atom. The predicted molar refractivity (Wildman–Crippen MR) is 59.6 cm³/mol. The van der Waals surface area contributed by atoms with Gasteiger partial charge in [-0.15, -0.1) is 0 Å². The lowest BCUT2D eigenvalue weighted by Crippen LogP contribution is -2.21. The summed E-state index contributed by atoms with van der Waals surface area (Å²) in [5.74, 6) is 1.39. The average molecular weight is 193 g/mol. The third kappa shape index (κ3) is 2.74. The lowest BCUT2D eigenvalue weighted by Gasteiger charge is -2.21. The van der Waals surface area contributed by atoms with Crippen LogP contribution < -0.4 is 5.32 Å². The first kappa shape index (κ1) is 11.1. The van der Waals surface area contributed by atoms with Crippen LogP contribution >= 0.6 is 0 Å². The topological polar surface area (TPSA) is 32.3 Å². The molecule has 0 aliphatic rings. The maximum absolute atomic E-state index is 9.39. The number of hydrogen-bond acceptors (Lipinski definition) is 2. The van der Waals surface area contributed by atoms with Gasteiger partial charge in [-0.2, -0.15) is 0 Å². The highest BCUT2D eigenvalue weighted by Crippen LogP contribution is 2.25. The van der Waals surface area contributed by atoms with E-state index in [2.05, 4.69) is 25.2 Å². The standard InChI is InChI=1S/C12H19NO/c1-9(2)12(8-13-3)10-5-4-6-11(14)7-10/h4-7,9,12-14H,8H2,1-3H3. The molecule has 0 fully saturated rings. The van der Waals surface area contributed by atoms with Crippen LogP contribution in [-0.4, -0.2) is 18.7 Å². The maximum atomic E-state index is 9.39. The first-order chi connectivity index (χ1) is 6.65. The molecule has 78 valence electrons. The van der Waals surface area contributed by atoms with E-state index in [-0.39, 0.29) is 0 Å². The number of rotatable bonds is 4. The minimum atomic E-state index is 0.351. The zero-order chi connectivity index (χ0) is 10.6. The molecule has 2 N–H and O–H groups in total. The Kier molecular flexibility index (Phi) is 3.96. The maximum Gasteiger partial charge on any atom is 0.115 e. The van der Waals surface area contributed by atoms with Crippen LogP contribution in [0.2, 0.25) is 0 Å². The van der Waals surface area contributed by atoms with Crippen molar-refractivity contribution in [1.29, 1.82) is 0 Å². The second-order valence-electron chi connectivity index (χ2n) is 4.00. The van der Waals surface area contributed by atoms with E-state index in [0.29, 0.717) is 17.6 Å². The Bertz CT molecular complexity index is 283. The van der Waals surface area contributed by atoms with Gasteiger partial charge >= 0.3 is 0 Å². The third-order valence-corrected chi connectivity index (χ3v) is 2.53. The van der Waals surface area contributed by atoms with Gasteiger partial charge in [0.05, 0.1) is 0 Å². The highest BCUT2D eigenvalue weighted by Gasteiger charge is 2.14. The molecule has 0 spiro atoms. The second kappa shape index (κ2) is 5.01. The van der Waals surface area contributed by atoms with Crippen molar-refractivity contribution in [3.8, 4) is 5.75 Å². The van der Waals surface area contributed by atoms with E-state index < -0.39 is 0 Å². The highest BCUT2D eigenvalue weighted by molar-refractivity contribution is 5.30. The number of nitrogens with one attached hydrogen (secondary N) is 1. The molecule has 0 radical (unpaired) electrons. The van der Waals surface area contributed by atoms with Crippen molar-refractivity contribution >= 4 is 0 Å². The van der Waals surface area contributed by atoms with Crippen LogP contribution in [0.5, 0.6) is 5.75 Å². The predicted octanol–water partition coefficient (Wildman–Crippen LogP) is 2.35. The molecule has 0 bridgehead atoms. The third-order valence-electron chi connectivity index (χ3n) is 2.53. The molecule has 1 rings (SSSR count). The quantitative estimate of drug-likeness (QED) is 0.769. The summed E-state index contributed by atoms with van der Waals surface area (Å²) in [6.45, 7) is 5.35. The summed E-state index contributed by atoms with van der Waals surface area (Å²) in [6.07, 6.45) is 0. The molecule has 0 aliphatic heterocycles. The van der Waals surface area contributed by atoms with E-state index in [9.17, 15) is 5.11 Å². The second-order valence-corrected chi connectivity index (χ2v) is 4.00. The van der Waals surface area contributed by atoms with Crippen molar-refractivity contribution in [3.63, 3.8) is 0 Å². The molecule has 0 amide bonds. The summed E-state index contributed by atoms with van der Waals surface area (Å²) in [4.78, 5) is 0. The van der Waals surface area contributed by atoms with E-state index in [1.54, 1.807) is 6.07 Å². The summed E-state index contributed by atoms with van der Waals surface area (Å²) in [7, 11) is 1.96. The number of hydrogen-bond donors (Lipinski definition) is 2. The molecule has 2 nitrogen and oxygen atoms in total. The molecule has 1 aromatic rings. The summed E-state index contributed by atoms with van der Waals surface area (Å²) >= 11 is 0. The van der Waals surface area contributed by atoms with Crippen LogP contribution in [0, 0.1) is 5.92 Å². The summed E-state index contributed by atoms with van der Waals surface area (Å²) < 4.78 is 0. The minimum Gasteiger partial charge on any atom is -0.508 e. The van der Waals surface area contributed by atoms with E-state index in [1.165, 1.54) is 5.56 Å². The Morgan fingerprint density at radius 3 is 2.57 bits per heavy atom. The van der Waals surface area contributed by atoms with Gasteiger partial charge < -0.3 is 10.4 Å². The number of phenolic OH excluding ortho intramolecular Hbond substituents is 1. The number of aromatic hydroxyl groups is 1. The largest absolute Gasteiger partial charge is 0.508 e. The Hall–Kier alpha value is -1.02. The Morgan fingerprint density at radius 2 is 2.07 bits per heavy atom. The van der Waals surface area contributed by atoms with Gasteiger partial charge in [0, 0.05) is 6.54 Å². The molecule has 1 atom stereocenters. The fraction of sp³-hybridized carbons (Fsp3) is 0.500. The van der Waals surface area contributed by atoms with Gasteiger partial charge in [-0.1, -0.05) is 26.0 Å². The van der Waals surface area contributed by atoms with Crippen LogP contribution in [0.25, 0.3) is 0 Å². The lowest BCUT2D eigenvalue weighted by atomic mass is 9.88. The van der Waals surface area contributed by atoms with Gasteiger partial charge in [-0.25, -0.2) is 0 Å². The van der Waals surface area contributed by atoms with Gasteiger partial charge in [-0.3, -0.25) is 0 Å². The van der Waals surface area contributed by atoms with Crippen LogP contribution in [0.1, 0.15) is 25.3 Å². The first-order valence-corrected chi connectivity index (χ1v) is 5.08. The minimum absolute atomic E-state index is 0.351. The van der Waals surface area contributed by atoms with Crippen LogP contribution in [0.3, 0.4) is 0 Å². The molecule has 1 unspecified atom stereocenters. The SMILES string of the molecule is CNCC(c1cccc(O)c1)C(C)C. The van der Waals surface area contributed by atoms with Crippen molar-refractivity contribution in [2.75, 3.05) is 13.6 Å². The van der Waals surface area contributed by atoms with E-state index in [4.69, 9.17) is 0 Å². The summed E-state index contributed by atoms with van der Waals surface area (Å²) in [5, 5.41) is 12.6. The number of phenols is 1. The molecular weight excluding hydrogens is 174 g/mol. The van der Waals surface area contributed by atoms with Gasteiger partial charge in [0.1, 0.15) is 5.75 Å². The van der Waals surface area contributed by atoms with Crippen LogP contribution in [0.15, 0.2) is 24.3 Å². The molecular formula is C12H19NO. The van der Waals surface area contributed by atoms with Crippen LogP contribution in [0.4, 0.5) is 0 Å². The molecule has 0 heterocycles. The monoisotopic (exact) mass is 193 g/mol. The van der Waals surface area contributed by atoms with Crippen molar-refractivity contribution in [1.82, 2.24) is 5.32 Å². The van der Waals surface area contributed by atoms with Crippen molar-refractivity contribution < 1.29 is 5.11 Å². The van der Waals surface area contributed by atoms with Crippen molar-refractivity contribution in [3.05, 3.63) is 29.8 Å². The highest BCUT2D eigenvalue weighted by atomic mass is 16.3. The Balaban J connectivity index is 2.87. The average Bonchev–Trinajstić information content (AvgIpc) is 2.13. The van der Waals surface area contributed by atoms with Gasteiger partial charge in [0.25, 0.3) is 0 Å². The van der Waals surface area contributed by atoms with Crippen LogP contribution in [-0.2, 0) is 0 Å². The summed E-state index contributed by atoms with van der Waals surface area (Å²) in [5.41, 5.74) is 1.20. The molecule has 1 aromatic carbocycles. The zero-order valence-electron chi connectivity index (χ0n) is 9.12. The van der Waals surface area contributed by atoms with Crippen molar-refractivity contribution in [2.24, 2.45) is 5.92 Å². The Labute approximate surface area is 86.0 Å². The first-order valence-electron chi connectivity index (χ1n) is 5.08. The van der Waals surface area contributed by atoms with E-state index >= 15 is 0 Å². The molecule has 2 heteroatoms. The molecule has 14 heavy (non-hydrogen) atoms. The normalized spacial score (nSPS) is 13.1.